The highest BCUT2D eigenvalue weighted by atomic mass is 16.6. The maximum Gasteiger partial charge on any atom is 0.330 e. The molecule has 0 spiro atoms. The highest BCUT2D eigenvalue weighted by Gasteiger charge is 2.48. The summed E-state index contributed by atoms with van der Waals surface area (Å²) in [4.78, 5) is 32.3. The van der Waals surface area contributed by atoms with Gasteiger partial charge in [0.2, 0.25) is 0 Å². The first-order valence-electron chi connectivity index (χ1n) is 24.4. The van der Waals surface area contributed by atoms with Gasteiger partial charge in [-0.25, -0.2) is 4.79 Å². The van der Waals surface area contributed by atoms with E-state index in [0.717, 1.165) is 44.6 Å². The Morgan fingerprint density at radius 2 is 0.973 bits per heavy atom. The monoisotopic (exact) mass is 979 g/mol. The molecule has 1 aliphatic heterocycles. The lowest BCUT2D eigenvalue weighted by atomic mass is 9.79. The van der Waals surface area contributed by atoms with Crippen LogP contribution in [-0.2, 0) is 38.3 Å². The smallest absolute Gasteiger partial charge is 0.330 e. The maximum atomic E-state index is 14.1. The number of rotatable bonds is 20. The van der Waals surface area contributed by atoms with Gasteiger partial charge in [-0.3, -0.25) is 14.3 Å². The molecule has 1 fully saturated rings. The fraction of sp³-hybridized carbons (Fsp3) is 0.246. The van der Waals surface area contributed by atoms with E-state index in [1.807, 2.05) is 177 Å². The SMILES string of the molecule is COc1ccc(C(OC[C@H]2O[C@@H](n3cc(CCc4ccc(N(C)C)cc4)c(=O)[nH]c3=O)C[C@@H]2OC(c2ccccc2)(c2ccc(OC)cc2)c2ccc(OC)cc2)(c2ccccc2)c2ccc(OC)cc2)cc1. The summed E-state index contributed by atoms with van der Waals surface area (Å²) in [5.74, 6) is 2.75. The van der Waals surface area contributed by atoms with Gasteiger partial charge in [-0.15, -0.1) is 0 Å². The van der Waals surface area contributed by atoms with Gasteiger partial charge >= 0.3 is 5.69 Å². The largest absolute Gasteiger partial charge is 0.497 e. The van der Waals surface area contributed by atoms with Crippen molar-refractivity contribution in [2.75, 3.05) is 54.0 Å². The number of hydrogen-bond acceptors (Lipinski definition) is 10. The Morgan fingerprint density at radius 3 is 1.41 bits per heavy atom. The second-order valence-corrected chi connectivity index (χ2v) is 18.2. The minimum Gasteiger partial charge on any atom is -0.497 e. The number of hydrogen-bond donors (Lipinski definition) is 1. The minimum absolute atomic E-state index is 0.0158. The van der Waals surface area contributed by atoms with Crippen molar-refractivity contribution in [3.63, 3.8) is 0 Å². The Labute approximate surface area is 426 Å². The van der Waals surface area contributed by atoms with Gasteiger partial charge in [0.05, 0.1) is 41.2 Å². The number of benzene rings is 7. The Hall–Kier alpha value is -7.90. The fourth-order valence-electron chi connectivity index (χ4n) is 9.84. The van der Waals surface area contributed by atoms with Gasteiger partial charge in [-0.1, -0.05) is 121 Å². The average molecular weight is 980 g/mol. The minimum atomic E-state index is -1.26. The molecule has 1 saturated heterocycles. The third-order valence-electron chi connectivity index (χ3n) is 13.8. The average Bonchev–Trinajstić information content (AvgIpc) is 3.84. The molecule has 0 amide bonds. The van der Waals surface area contributed by atoms with E-state index in [-0.39, 0.29) is 13.0 Å². The number of aromatic amines is 1. The molecule has 0 radical (unpaired) electrons. The van der Waals surface area contributed by atoms with Crippen molar-refractivity contribution in [3.8, 4) is 23.0 Å². The van der Waals surface area contributed by atoms with Crippen molar-refractivity contribution in [2.24, 2.45) is 0 Å². The summed E-state index contributed by atoms with van der Waals surface area (Å²) in [6.45, 7) is -0.0158. The quantitative estimate of drug-likeness (QED) is 0.0739. The van der Waals surface area contributed by atoms with Crippen LogP contribution in [0.3, 0.4) is 0 Å². The lowest BCUT2D eigenvalue weighted by Gasteiger charge is -2.40. The van der Waals surface area contributed by atoms with Gasteiger partial charge in [0, 0.05) is 38.0 Å². The molecular weight excluding hydrogens is 919 g/mol. The summed E-state index contributed by atoms with van der Waals surface area (Å²) in [5.41, 5.74) is 4.14. The van der Waals surface area contributed by atoms with Crippen molar-refractivity contribution in [3.05, 3.63) is 254 Å². The molecule has 0 unspecified atom stereocenters. The number of nitrogens with one attached hydrogen (secondary N) is 1. The predicted molar refractivity (Wildman–Crippen MR) is 283 cm³/mol. The van der Waals surface area contributed by atoms with Crippen molar-refractivity contribution in [1.82, 2.24) is 9.55 Å². The molecule has 8 aromatic rings. The van der Waals surface area contributed by atoms with E-state index in [1.165, 1.54) is 4.57 Å². The van der Waals surface area contributed by atoms with Crippen LogP contribution in [0.2, 0.25) is 0 Å². The van der Waals surface area contributed by atoms with E-state index >= 15 is 0 Å². The van der Waals surface area contributed by atoms with Gasteiger partial charge in [0.25, 0.3) is 5.56 Å². The third-order valence-corrected chi connectivity index (χ3v) is 13.8. The molecule has 0 aliphatic carbocycles. The van der Waals surface area contributed by atoms with Crippen LogP contribution < -0.4 is 35.1 Å². The fourth-order valence-corrected chi connectivity index (χ4v) is 9.84. The Balaban J connectivity index is 1.18. The normalized spacial score (nSPS) is 15.7. The zero-order valence-corrected chi connectivity index (χ0v) is 42.0. The number of aromatic nitrogens is 2. The standard InChI is InChI=1S/C61H61N3O9/c1-63(2)50-29-18-42(19-30-50)17-20-43-40-64(59(66)62-58(43)65)57-39-55(73-61(45-15-11-8-12-16-45,48-25-35-53(69-5)36-26-48)49-27-37-54(70-6)38-28-49)56(72-57)41-71-60(44-13-9-7-10-14-44,46-21-31-51(67-3)32-22-46)47-23-33-52(68-4)34-24-47/h7-16,18-19,21-38,40,55-57H,17,20,39,41H2,1-6H3,(H,62,65,66)/t55-,56+,57+/m0/s1. The molecule has 2 heterocycles. The molecule has 7 aromatic carbocycles. The van der Waals surface area contributed by atoms with E-state index in [0.29, 0.717) is 41.4 Å². The van der Waals surface area contributed by atoms with Crippen LogP contribution in [0, 0.1) is 0 Å². The molecule has 0 bridgehead atoms. The number of nitrogens with zero attached hydrogens (tertiary/aromatic N) is 2. The van der Waals surface area contributed by atoms with E-state index in [2.05, 4.69) is 29.2 Å². The Bertz CT molecular complexity index is 3070. The van der Waals surface area contributed by atoms with E-state index < -0.39 is 40.9 Å². The first-order valence-corrected chi connectivity index (χ1v) is 24.4. The molecule has 1 aromatic heterocycles. The molecule has 374 valence electrons. The zero-order valence-electron chi connectivity index (χ0n) is 42.0. The van der Waals surface area contributed by atoms with Crippen LogP contribution in [0.15, 0.2) is 198 Å². The van der Waals surface area contributed by atoms with Crippen LogP contribution in [0.4, 0.5) is 5.69 Å². The van der Waals surface area contributed by atoms with Crippen LogP contribution in [0.1, 0.15) is 57.2 Å². The first-order chi connectivity index (χ1) is 35.6. The summed E-state index contributed by atoms with van der Waals surface area (Å²) < 4.78 is 46.6. The Morgan fingerprint density at radius 1 is 0.548 bits per heavy atom. The summed E-state index contributed by atoms with van der Waals surface area (Å²) >= 11 is 0. The van der Waals surface area contributed by atoms with Gasteiger partial charge < -0.3 is 38.1 Å². The van der Waals surface area contributed by atoms with Gasteiger partial charge in [0.1, 0.15) is 46.5 Å². The van der Waals surface area contributed by atoms with Crippen LogP contribution in [0.25, 0.3) is 0 Å². The van der Waals surface area contributed by atoms with E-state index in [4.69, 9.17) is 33.2 Å². The van der Waals surface area contributed by atoms with Crippen LogP contribution in [0.5, 0.6) is 23.0 Å². The lowest BCUT2D eigenvalue weighted by molar-refractivity contribution is -0.126. The predicted octanol–water partition coefficient (Wildman–Crippen LogP) is 10.1. The molecular formula is C61H61N3O9. The van der Waals surface area contributed by atoms with Gasteiger partial charge in [0.15, 0.2) is 0 Å². The molecule has 12 nitrogen and oxygen atoms in total. The number of aryl methyl sites for hydroxylation is 2. The second-order valence-electron chi connectivity index (χ2n) is 18.2. The van der Waals surface area contributed by atoms with Crippen molar-refractivity contribution < 1.29 is 33.2 Å². The van der Waals surface area contributed by atoms with Gasteiger partial charge in [-0.05, 0) is 112 Å². The topological polar surface area (TPSA) is 123 Å². The number of H-pyrrole nitrogens is 1. The summed E-state index contributed by atoms with van der Waals surface area (Å²) in [5, 5.41) is 0. The van der Waals surface area contributed by atoms with Crippen molar-refractivity contribution in [1.29, 1.82) is 0 Å². The van der Waals surface area contributed by atoms with Crippen molar-refractivity contribution >= 4 is 5.69 Å². The molecule has 1 aliphatic rings. The zero-order chi connectivity index (χ0) is 51.0. The maximum absolute atomic E-state index is 14.1. The first kappa shape index (κ1) is 50.1. The number of anilines is 1. The highest BCUT2D eigenvalue weighted by molar-refractivity contribution is 5.52. The molecule has 3 atom stereocenters. The molecule has 73 heavy (non-hydrogen) atoms. The third kappa shape index (κ3) is 10.4. The number of methoxy groups -OCH3 is 4. The molecule has 9 rings (SSSR count). The lowest BCUT2D eigenvalue weighted by Crippen LogP contribution is -2.43. The van der Waals surface area contributed by atoms with E-state index in [9.17, 15) is 9.59 Å². The molecule has 12 heteroatoms. The van der Waals surface area contributed by atoms with Crippen molar-refractivity contribution in [2.45, 2.75) is 48.9 Å². The molecule has 0 saturated carbocycles. The number of ether oxygens (including phenoxy) is 7. The summed E-state index contributed by atoms with van der Waals surface area (Å²) in [7, 11) is 10.6. The summed E-state index contributed by atoms with van der Waals surface area (Å²) in [6.07, 6.45) is 0.398. The van der Waals surface area contributed by atoms with E-state index in [1.54, 1.807) is 34.6 Å². The summed E-state index contributed by atoms with van der Waals surface area (Å²) in [6, 6.07) is 59.8. The van der Waals surface area contributed by atoms with Crippen LogP contribution >= 0.6 is 0 Å². The molecule has 1 N–H and O–H groups in total. The Kier molecular flexibility index (Phi) is 15.3. The highest BCUT2D eigenvalue weighted by Crippen LogP contribution is 2.47. The van der Waals surface area contributed by atoms with Gasteiger partial charge in [-0.2, -0.15) is 0 Å². The second kappa shape index (κ2) is 22.3. The van der Waals surface area contributed by atoms with Crippen LogP contribution in [-0.4, -0.2) is 70.9 Å².